The molecule has 1 aromatic carbocycles. The number of carboxylic acids is 1. The Hall–Kier alpha value is -2.05. The number of halogens is 3. The van der Waals surface area contributed by atoms with Crippen LogP contribution in [0.15, 0.2) is 24.3 Å². The van der Waals surface area contributed by atoms with E-state index in [2.05, 4.69) is 5.32 Å². The Labute approximate surface area is 139 Å². The van der Waals surface area contributed by atoms with Crippen LogP contribution in [0.2, 0.25) is 0 Å². The molecule has 24 heavy (non-hydrogen) atoms. The Kier molecular flexibility index (Phi) is 5.69. The molecular formula is C17H22F3NO3. The maximum absolute atomic E-state index is 12.8. The Morgan fingerprint density at radius 1 is 1.08 bits per heavy atom. The number of hydrogen-bond donors (Lipinski definition) is 2. The Morgan fingerprint density at radius 2 is 1.62 bits per heavy atom. The van der Waals surface area contributed by atoms with Crippen molar-refractivity contribution in [3.05, 3.63) is 35.4 Å². The second kappa shape index (κ2) is 6.83. The van der Waals surface area contributed by atoms with Crippen molar-refractivity contribution in [2.24, 2.45) is 5.41 Å². The molecule has 0 saturated carbocycles. The van der Waals surface area contributed by atoms with Crippen molar-refractivity contribution in [1.29, 1.82) is 0 Å². The Morgan fingerprint density at radius 3 is 2.12 bits per heavy atom. The average Bonchev–Trinajstić information content (AvgIpc) is 2.46. The predicted molar refractivity (Wildman–Crippen MR) is 83.5 cm³/mol. The normalized spacial score (nSPS) is 12.8. The summed E-state index contributed by atoms with van der Waals surface area (Å²) in [5, 5.41) is 11.6. The van der Waals surface area contributed by atoms with Gasteiger partial charge < -0.3 is 10.4 Å². The van der Waals surface area contributed by atoms with Gasteiger partial charge in [0.25, 0.3) is 0 Å². The van der Waals surface area contributed by atoms with Crippen LogP contribution in [0.1, 0.15) is 45.2 Å². The molecule has 0 heterocycles. The molecule has 0 atom stereocenters. The first-order valence-corrected chi connectivity index (χ1v) is 7.48. The Bertz CT molecular complexity index is 622. The third kappa shape index (κ3) is 4.72. The number of aliphatic carboxylic acids is 1. The Balaban J connectivity index is 2.85. The molecule has 0 saturated heterocycles. The van der Waals surface area contributed by atoms with Crippen molar-refractivity contribution >= 4 is 11.9 Å². The molecule has 134 valence electrons. The molecule has 7 heteroatoms. The summed E-state index contributed by atoms with van der Waals surface area (Å²) in [6.45, 7) is 6.26. The van der Waals surface area contributed by atoms with Crippen molar-refractivity contribution in [2.45, 2.75) is 45.7 Å². The van der Waals surface area contributed by atoms with Gasteiger partial charge in [-0.3, -0.25) is 9.59 Å². The summed E-state index contributed by atoms with van der Waals surface area (Å²) in [6.07, 6.45) is -4.26. The van der Waals surface area contributed by atoms with Crippen molar-refractivity contribution < 1.29 is 27.9 Å². The average molecular weight is 345 g/mol. The van der Waals surface area contributed by atoms with Gasteiger partial charge in [-0.1, -0.05) is 18.2 Å². The molecule has 0 fully saturated rings. The number of carbonyl (C=O) groups is 2. The second-order valence-corrected chi connectivity index (χ2v) is 6.90. The van der Waals surface area contributed by atoms with Crippen LogP contribution in [-0.4, -0.2) is 23.5 Å². The zero-order valence-electron chi connectivity index (χ0n) is 14.1. The molecular weight excluding hydrogens is 323 g/mol. The molecule has 0 aliphatic carbocycles. The van der Waals surface area contributed by atoms with Gasteiger partial charge in [-0.05, 0) is 45.7 Å². The van der Waals surface area contributed by atoms with Crippen LogP contribution in [0.4, 0.5) is 13.2 Å². The van der Waals surface area contributed by atoms with Gasteiger partial charge in [0.1, 0.15) is 0 Å². The predicted octanol–water partition coefficient (Wildman–Crippen LogP) is 3.60. The number of carbonyl (C=O) groups excluding carboxylic acids is 1. The zero-order chi connectivity index (χ0) is 18.8. The van der Waals surface area contributed by atoms with Crippen LogP contribution in [0, 0.1) is 5.41 Å². The summed E-state index contributed by atoms with van der Waals surface area (Å²) in [5.74, 6) is -1.43. The summed E-state index contributed by atoms with van der Waals surface area (Å²) < 4.78 is 38.4. The number of alkyl halides is 3. The highest BCUT2D eigenvalue weighted by atomic mass is 19.4. The van der Waals surface area contributed by atoms with Crippen molar-refractivity contribution in [2.75, 3.05) is 6.54 Å². The van der Waals surface area contributed by atoms with Gasteiger partial charge in [0, 0.05) is 6.54 Å². The summed E-state index contributed by atoms with van der Waals surface area (Å²) in [7, 11) is 0. The first kappa shape index (κ1) is 20.0. The van der Waals surface area contributed by atoms with Gasteiger partial charge in [-0.25, -0.2) is 0 Å². The first-order valence-electron chi connectivity index (χ1n) is 7.48. The largest absolute Gasteiger partial charge is 0.481 e. The fraction of sp³-hybridized carbons (Fsp3) is 0.529. The van der Waals surface area contributed by atoms with E-state index in [1.807, 2.05) is 0 Å². The molecule has 1 aromatic rings. The van der Waals surface area contributed by atoms with Gasteiger partial charge in [-0.2, -0.15) is 13.2 Å². The number of carboxylic acid groups (broad SMARTS) is 1. The van der Waals surface area contributed by atoms with Crippen molar-refractivity contribution in [1.82, 2.24) is 5.32 Å². The van der Waals surface area contributed by atoms with Gasteiger partial charge in [0.15, 0.2) is 0 Å². The highest BCUT2D eigenvalue weighted by Gasteiger charge is 2.35. The summed E-state index contributed by atoms with van der Waals surface area (Å²) in [6, 6.07) is 4.64. The smallest absolute Gasteiger partial charge is 0.416 e. The quantitative estimate of drug-likeness (QED) is 0.828. The van der Waals surface area contributed by atoms with E-state index in [4.69, 9.17) is 5.11 Å². The fourth-order valence-corrected chi connectivity index (χ4v) is 2.03. The van der Waals surface area contributed by atoms with Crippen molar-refractivity contribution in [3.8, 4) is 0 Å². The molecule has 0 bridgehead atoms. The van der Waals surface area contributed by atoms with E-state index in [0.717, 1.165) is 12.1 Å². The summed E-state index contributed by atoms with van der Waals surface area (Å²) >= 11 is 0. The van der Waals surface area contributed by atoms with E-state index in [1.54, 1.807) is 13.8 Å². The minimum atomic E-state index is -4.48. The van der Waals surface area contributed by atoms with E-state index in [-0.39, 0.29) is 18.5 Å². The molecule has 0 aliphatic rings. The highest BCUT2D eigenvalue weighted by Crippen LogP contribution is 2.33. The van der Waals surface area contributed by atoms with Crippen LogP contribution in [0.5, 0.6) is 0 Å². The minimum absolute atomic E-state index is 0.126. The van der Waals surface area contributed by atoms with Crippen LogP contribution >= 0.6 is 0 Å². The van der Waals surface area contributed by atoms with E-state index in [9.17, 15) is 22.8 Å². The van der Waals surface area contributed by atoms with Crippen molar-refractivity contribution in [3.63, 3.8) is 0 Å². The molecule has 4 nitrogen and oxygen atoms in total. The lowest BCUT2D eigenvalue weighted by atomic mass is 9.82. The zero-order valence-corrected chi connectivity index (χ0v) is 14.1. The lowest BCUT2D eigenvalue weighted by Gasteiger charge is -2.26. The molecule has 0 spiro atoms. The molecule has 0 radical (unpaired) electrons. The van der Waals surface area contributed by atoms with Crippen LogP contribution in [0.25, 0.3) is 0 Å². The summed E-state index contributed by atoms with van der Waals surface area (Å²) in [4.78, 5) is 23.4. The van der Waals surface area contributed by atoms with Crippen LogP contribution in [0.3, 0.4) is 0 Å². The van der Waals surface area contributed by atoms with E-state index >= 15 is 0 Å². The minimum Gasteiger partial charge on any atom is -0.481 e. The van der Waals surface area contributed by atoms with Gasteiger partial charge in [-0.15, -0.1) is 0 Å². The van der Waals surface area contributed by atoms with Crippen LogP contribution < -0.4 is 5.32 Å². The lowest BCUT2D eigenvalue weighted by Crippen LogP contribution is -2.42. The fourth-order valence-electron chi connectivity index (χ4n) is 2.03. The summed E-state index contributed by atoms with van der Waals surface area (Å²) in [5.41, 5.74) is -2.73. The standard InChI is InChI=1S/C17H22F3NO3/c1-15(2,14(23)24)8-9-21-13(22)16(3,4)11-6-5-7-12(10-11)17(18,19)20/h5-7,10H,8-9H2,1-4H3,(H,21,22)(H,23,24). The third-order valence-corrected chi connectivity index (χ3v) is 4.09. The maximum atomic E-state index is 12.8. The molecule has 1 amide bonds. The number of rotatable bonds is 6. The first-order chi connectivity index (χ1) is 10.8. The van der Waals surface area contributed by atoms with E-state index in [1.165, 1.54) is 26.0 Å². The number of benzene rings is 1. The second-order valence-electron chi connectivity index (χ2n) is 6.90. The maximum Gasteiger partial charge on any atom is 0.416 e. The van der Waals surface area contributed by atoms with Gasteiger partial charge in [0.2, 0.25) is 5.91 Å². The third-order valence-electron chi connectivity index (χ3n) is 4.09. The molecule has 2 N–H and O–H groups in total. The molecule has 0 aliphatic heterocycles. The molecule has 1 rings (SSSR count). The number of hydrogen-bond acceptors (Lipinski definition) is 2. The number of nitrogens with one attached hydrogen (secondary N) is 1. The molecule has 0 aromatic heterocycles. The monoisotopic (exact) mass is 345 g/mol. The number of amides is 1. The lowest BCUT2D eigenvalue weighted by molar-refractivity contribution is -0.147. The van der Waals surface area contributed by atoms with Crippen LogP contribution in [-0.2, 0) is 21.2 Å². The van der Waals surface area contributed by atoms with Gasteiger partial charge >= 0.3 is 12.1 Å². The molecule has 0 unspecified atom stereocenters. The highest BCUT2D eigenvalue weighted by molar-refractivity contribution is 5.87. The van der Waals surface area contributed by atoms with Gasteiger partial charge in [0.05, 0.1) is 16.4 Å². The SMILES string of the molecule is CC(C)(CCNC(=O)C(C)(C)c1cccc(C(F)(F)F)c1)C(=O)O. The topological polar surface area (TPSA) is 66.4 Å². The van der Waals surface area contributed by atoms with E-state index in [0.29, 0.717) is 0 Å². The van der Waals surface area contributed by atoms with E-state index < -0.39 is 34.4 Å².